The second kappa shape index (κ2) is 8.62. The van der Waals surface area contributed by atoms with Gasteiger partial charge in [-0.05, 0) is 12.3 Å². The number of anilines is 1. The Balaban J connectivity index is 2.49. The molecule has 20 heavy (non-hydrogen) atoms. The Hall–Kier alpha value is -1.51. The van der Waals surface area contributed by atoms with Crippen molar-refractivity contribution < 1.29 is 4.74 Å². The van der Waals surface area contributed by atoms with Crippen LogP contribution in [-0.4, -0.2) is 29.5 Å². The van der Waals surface area contributed by atoms with Crippen LogP contribution in [0.3, 0.4) is 0 Å². The molecule has 1 aromatic rings. The molecule has 0 aliphatic heterocycles. The minimum atomic E-state index is -0.322. The fourth-order valence-electron chi connectivity index (χ4n) is 1.50. The van der Waals surface area contributed by atoms with Crippen LogP contribution in [0.5, 0.6) is 0 Å². The summed E-state index contributed by atoms with van der Waals surface area (Å²) < 4.78 is 6.65. The quantitative estimate of drug-likeness (QED) is 0.589. The molecular formula is C14H20ClN3O2. The van der Waals surface area contributed by atoms with Crippen LogP contribution < -0.4 is 10.9 Å². The van der Waals surface area contributed by atoms with Gasteiger partial charge in [0.05, 0.1) is 17.8 Å². The second-order valence-corrected chi connectivity index (χ2v) is 5.16. The summed E-state index contributed by atoms with van der Waals surface area (Å²) >= 11 is 5.95. The van der Waals surface area contributed by atoms with Crippen molar-refractivity contribution in [2.45, 2.75) is 26.8 Å². The highest BCUT2D eigenvalue weighted by Gasteiger charge is 2.08. The van der Waals surface area contributed by atoms with E-state index in [4.69, 9.17) is 22.8 Å². The number of ether oxygens (including phenoxy) is 1. The van der Waals surface area contributed by atoms with Crippen LogP contribution in [0.4, 0.5) is 5.69 Å². The molecule has 1 heterocycles. The van der Waals surface area contributed by atoms with Crippen molar-refractivity contribution in [3.63, 3.8) is 0 Å². The van der Waals surface area contributed by atoms with Crippen LogP contribution >= 0.6 is 11.6 Å². The van der Waals surface area contributed by atoms with E-state index in [2.05, 4.69) is 30.2 Å². The molecule has 1 N–H and O–H groups in total. The molecule has 6 heteroatoms. The van der Waals surface area contributed by atoms with Gasteiger partial charge in [0.25, 0.3) is 5.56 Å². The maximum absolute atomic E-state index is 12.0. The van der Waals surface area contributed by atoms with Crippen molar-refractivity contribution in [3.05, 3.63) is 21.6 Å². The summed E-state index contributed by atoms with van der Waals surface area (Å²) in [7, 11) is 0. The molecule has 0 aliphatic rings. The molecule has 0 radical (unpaired) electrons. The van der Waals surface area contributed by atoms with Gasteiger partial charge in [-0.2, -0.15) is 5.10 Å². The molecule has 0 atom stereocenters. The van der Waals surface area contributed by atoms with Gasteiger partial charge in [-0.15, -0.1) is 6.42 Å². The Labute approximate surface area is 124 Å². The van der Waals surface area contributed by atoms with Gasteiger partial charge in [0.1, 0.15) is 12.2 Å². The van der Waals surface area contributed by atoms with Crippen LogP contribution in [0.15, 0.2) is 11.0 Å². The maximum Gasteiger partial charge on any atom is 0.292 e. The van der Waals surface area contributed by atoms with Crippen LogP contribution in [0.25, 0.3) is 0 Å². The Morgan fingerprint density at radius 2 is 2.30 bits per heavy atom. The summed E-state index contributed by atoms with van der Waals surface area (Å²) in [5.74, 6) is 2.99. The number of terminal acetylenes is 1. The zero-order valence-electron chi connectivity index (χ0n) is 11.9. The van der Waals surface area contributed by atoms with E-state index >= 15 is 0 Å². The molecule has 1 rings (SSSR count). The van der Waals surface area contributed by atoms with Gasteiger partial charge >= 0.3 is 0 Å². The minimum absolute atomic E-state index is 0.121. The Morgan fingerprint density at radius 3 is 2.95 bits per heavy atom. The smallest absolute Gasteiger partial charge is 0.292 e. The lowest BCUT2D eigenvalue weighted by Crippen LogP contribution is -2.26. The van der Waals surface area contributed by atoms with Crippen molar-refractivity contribution in [2.24, 2.45) is 5.92 Å². The summed E-state index contributed by atoms with van der Waals surface area (Å²) in [6, 6.07) is 0. The van der Waals surface area contributed by atoms with E-state index < -0.39 is 0 Å². The predicted molar refractivity (Wildman–Crippen MR) is 81.1 cm³/mol. The minimum Gasteiger partial charge on any atom is -0.380 e. The highest BCUT2D eigenvalue weighted by atomic mass is 35.5. The molecule has 110 valence electrons. The number of halogens is 1. The van der Waals surface area contributed by atoms with Crippen LogP contribution in [0.1, 0.15) is 20.3 Å². The maximum atomic E-state index is 12.0. The molecule has 0 unspecified atom stereocenters. The average molecular weight is 298 g/mol. The van der Waals surface area contributed by atoms with E-state index in [0.29, 0.717) is 31.4 Å². The lowest BCUT2D eigenvalue weighted by Gasteiger charge is -2.10. The normalized spacial score (nSPS) is 10.6. The second-order valence-electron chi connectivity index (χ2n) is 4.76. The van der Waals surface area contributed by atoms with E-state index in [1.807, 2.05) is 0 Å². The van der Waals surface area contributed by atoms with Gasteiger partial charge in [0, 0.05) is 13.2 Å². The van der Waals surface area contributed by atoms with E-state index in [0.717, 1.165) is 6.42 Å². The number of hydrogen-bond acceptors (Lipinski definition) is 4. The number of hydrogen-bond donors (Lipinski definition) is 1. The molecular weight excluding hydrogens is 278 g/mol. The van der Waals surface area contributed by atoms with Gasteiger partial charge in [0.15, 0.2) is 0 Å². The van der Waals surface area contributed by atoms with Crippen molar-refractivity contribution >= 4 is 17.3 Å². The van der Waals surface area contributed by atoms with Crippen molar-refractivity contribution in [2.75, 3.05) is 25.1 Å². The van der Waals surface area contributed by atoms with Crippen LogP contribution in [-0.2, 0) is 11.3 Å². The summed E-state index contributed by atoms with van der Waals surface area (Å²) in [6.07, 6.45) is 7.60. The zero-order valence-corrected chi connectivity index (χ0v) is 12.6. The molecule has 0 saturated carbocycles. The highest BCUT2D eigenvalue weighted by molar-refractivity contribution is 6.32. The first-order valence-electron chi connectivity index (χ1n) is 6.57. The van der Waals surface area contributed by atoms with Crippen molar-refractivity contribution in [1.82, 2.24) is 9.78 Å². The topological polar surface area (TPSA) is 56.1 Å². The third-order valence-electron chi connectivity index (χ3n) is 2.63. The summed E-state index contributed by atoms with van der Waals surface area (Å²) in [6.45, 7) is 6.14. The first kappa shape index (κ1) is 16.5. The van der Waals surface area contributed by atoms with E-state index in [-0.39, 0.29) is 17.1 Å². The summed E-state index contributed by atoms with van der Waals surface area (Å²) in [5, 5.41) is 7.12. The first-order valence-corrected chi connectivity index (χ1v) is 6.94. The van der Waals surface area contributed by atoms with E-state index in [9.17, 15) is 4.79 Å². The Morgan fingerprint density at radius 1 is 1.55 bits per heavy atom. The lowest BCUT2D eigenvalue weighted by molar-refractivity contribution is 0.132. The lowest BCUT2D eigenvalue weighted by atomic mass is 10.1. The third kappa shape index (κ3) is 5.24. The fourth-order valence-corrected chi connectivity index (χ4v) is 1.69. The van der Waals surface area contributed by atoms with Gasteiger partial charge < -0.3 is 10.1 Å². The molecule has 5 nitrogen and oxygen atoms in total. The molecule has 0 saturated heterocycles. The average Bonchev–Trinajstić information content (AvgIpc) is 2.40. The molecule has 0 aromatic carbocycles. The van der Waals surface area contributed by atoms with Gasteiger partial charge in [-0.25, -0.2) is 4.68 Å². The van der Waals surface area contributed by atoms with Crippen molar-refractivity contribution in [3.8, 4) is 12.3 Å². The highest BCUT2D eigenvalue weighted by Crippen LogP contribution is 2.14. The first-order chi connectivity index (χ1) is 9.56. The Bertz CT molecular complexity index is 520. The van der Waals surface area contributed by atoms with E-state index in [1.165, 1.54) is 10.9 Å². The van der Waals surface area contributed by atoms with Crippen molar-refractivity contribution in [1.29, 1.82) is 0 Å². The van der Waals surface area contributed by atoms with Gasteiger partial charge in [-0.1, -0.05) is 31.4 Å². The summed E-state index contributed by atoms with van der Waals surface area (Å²) in [5.41, 5.74) is -0.0120. The van der Waals surface area contributed by atoms with Crippen LogP contribution in [0.2, 0.25) is 5.02 Å². The number of nitrogens with zero attached hydrogens (tertiary/aromatic N) is 2. The molecule has 1 aromatic heterocycles. The largest absolute Gasteiger partial charge is 0.380 e. The molecule has 0 aliphatic carbocycles. The number of nitrogens with one attached hydrogen (secondary N) is 1. The molecule has 0 fully saturated rings. The fraction of sp³-hybridized carbons (Fsp3) is 0.571. The van der Waals surface area contributed by atoms with Crippen LogP contribution in [0, 0.1) is 18.3 Å². The van der Waals surface area contributed by atoms with E-state index in [1.54, 1.807) is 0 Å². The number of rotatable bonds is 8. The SMILES string of the molecule is C#CCn1ncc(Cl)c(NCCOCCC(C)C)c1=O. The van der Waals surface area contributed by atoms with Gasteiger partial charge in [-0.3, -0.25) is 4.79 Å². The Kier molecular flexibility index (Phi) is 7.13. The monoisotopic (exact) mass is 297 g/mol. The molecule has 0 bridgehead atoms. The zero-order chi connectivity index (χ0) is 15.0. The van der Waals surface area contributed by atoms with Gasteiger partial charge in [0.2, 0.25) is 0 Å². The predicted octanol–water partition coefficient (Wildman–Crippen LogP) is 2.00. The summed E-state index contributed by atoms with van der Waals surface area (Å²) in [4.78, 5) is 12.0. The molecule has 0 amide bonds. The number of aromatic nitrogens is 2. The standard InChI is InChI=1S/C14H20ClN3O2/c1-4-7-18-14(19)13(12(15)10-17-18)16-6-9-20-8-5-11(2)3/h1,10-11,16H,5-9H2,2-3H3. The third-order valence-corrected chi connectivity index (χ3v) is 2.91. The molecule has 0 spiro atoms.